The Morgan fingerprint density at radius 2 is 1.97 bits per heavy atom. The van der Waals surface area contributed by atoms with Crippen LogP contribution in [0.5, 0.6) is 0 Å². The first-order chi connectivity index (χ1) is 15.5. The molecule has 2 atom stereocenters. The van der Waals surface area contributed by atoms with Gasteiger partial charge in [-0.15, -0.1) is 0 Å². The highest BCUT2D eigenvalue weighted by Gasteiger charge is 2.26. The Bertz CT molecular complexity index is 906. The number of morpholine rings is 1. The van der Waals surface area contributed by atoms with Crippen molar-refractivity contribution in [3.63, 3.8) is 0 Å². The molecule has 1 saturated heterocycles. The number of halogens is 2. The minimum Gasteiger partial charge on any atom is -0.390 e. The van der Waals surface area contributed by atoms with Gasteiger partial charge in [0.1, 0.15) is 11.9 Å². The Labute approximate surface area is 193 Å². The Balaban J connectivity index is 1.37. The quantitative estimate of drug-likeness (QED) is 0.621. The van der Waals surface area contributed by atoms with Crippen molar-refractivity contribution in [2.24, 2.45) is 5.16 Å². The van der Waals surface area contributed by atoms with Crippen molar-refractivity contribution >= 4 is 17.3 Å². The second-order valence-electron chi connectivity index (χ2n) is 8.37. The van der Waals surface area contributed by atoms with Crippen LogP contribution in [0.4, 0.5) is 4.39 Å². The van der Waals surface area contributed by atoms with E-state index in [0.29, 0.717) is 50.8 Å². The minimum atomic E-state index is -0.528. The monoisotopic (exact) mass is 461 g/mol. The van der Waals surface area contributed by atoms with Gasteiger partial charge >= 0.3 is 0 Å². The molecule has 4 rings (SSSR count). The summed E-state index contributed by atoms with van der Waals surface area (Å²) in [6.45, 7) is 5.19. The second-order valence-corrected chi connectivity index (χ2v) is 8.80. The molecule has 2 aliphatic heterocycles. The van der Waals surface area contributed by atoms with Gasteiger partial charge in [-0.3, -0.25) is 9.80 Å². The Morgan fingerprint density at radius 1 is 1.19 bits per heavy atom. The van der Waals surface area contributed by atoms with Gasteiger partial charge in [0.2, 0.25) is 0 Å². The van der Waals surface area contributed by atoms with Crippen LogP contribution in [0.25, 0.3) is 0 Å². The maximum Gasteiger partial charge on any atom is 0.145 e. The minimum absolute atomic E-state index is 0.134. The van der Waals surface area contributed by atoms with Crippen LogP contribution >= 0.6 is 11.6 Å². The van der Waals surface area contributed by atoms with Crippen molar-refractivity contribution in [1.82, 2.24) is 9.80 Å². The number of nitrogens with zero attached hydrogens (tertiary/aromatic N) is 3. The number of hydrogen-bond donors (Lipinski definition) is 1. The highest BCUT2D eigenvalue weighted by molar-refractivity contribution is 6.30. The van der Waals surface area contributed by atoms with Crippen LogP contribution in [0, 0.1) is 5.82 Å². The van der Waals surface area contributed by atoms with Crippen LogP contribution in [-0.4, -0.2) is 78.8 Å². The van der Waals surface area contributed by atoms with Crippen molar-refractivity contribution < 1.29 is 19.1 Å². The van der Waals surface area contributed by atoms with Crippen molar-refractivity contribution in [3.05, 3.63) is 70.5 Å². The number of aliphatic hydroxyl groups excluding tert-OH is 1. The zero-order chi connectivity index (χ0) is 22.3. The van der Waals surface area contributed by atoms with E-state index in [1.165, 1.54) is 12.1 Å². The molecule has 2 heterocycles. The van der Waals surface area contributed by atoms with Gasteiger partial charge in [-0.25, -0.2) is 4.39 Å². The zero-order valence-electron chi connectivity index (χ0n) is 18.0. The van der Waals surface area contributed by atoms with E-state index in [-0.39, 0.29) is 11.9 Å². The first-order valence-corrected chi connectivity index (χ1v) is 11.4. The molecule has 6 nitrogen and oxygen atoms in total. The van der Waals surface area contributed by atoms with Crippen LogP contribution in [0.2, 0.25) is 5.02 Å². The van der Waals surface area contributed by atoms with Crippen molar-refractivity contribution in [2.75, 3.05) is 45.9 Å². The molecule has 32 heavy (non-hydrogen) atoms. The largest absolute Gasteiger partial charge is 0.390 e. The maximum atomic E-state index is 13.7. The lowest BCUT2D eigenvalue weighted by atomic mass is 10.0. The van der Waals surface area contributed by atoms with Crippen molar-refractivity contribution in [1.29, 1.82) is 0 Å². The molecule has 2 aromatic rings. The number of ether oxygens (including phenoxy) is 1. The smallest absolute Gasteiger partial charge is 0.145 e. The van der Waals surface area contributed by atoms with Crippen LogP contribution in [-0.2, 0) is 16.1 Å². The third kappa shape index (κ3) is 6.73. The first-order valence-electron chi connectivity index (χ1n) is 11.0. The first kappa shape index (κ1) is 23.1. The van der Waals surface area contributed by atoms with Crippen LogP contribution in [0.3, 0.4) is 0 Å². The lowest BCUT2D eigenvalue weighted by Crippen LogP contribution is -2.45. The highest BCUT2D eigenvalue weighted by atomic mass is 35.5. The fourth-order valence-corrected chi connectivity index (χ4v) is 4.29. The maximum absolute atomic E-state index is 13.7. The Hall–Kier alpha value is -2.03. The van der Waals surface area contributed by atoms with E-state index in [9.17, 15) is 9.50 Å². The molecule has 0 aromatic heterocycles. The molecule has 0 amide bonds. The van der Waals surface area contributed by atoms with E-state index in [1.807, 2.05) is 30.3 Å². The summed E-state index contributed by atoms with van der Waals surface area (Å²) >= 11 is 5.98. The number of oxime groups is 1. The summed E-state index contributed by atoms with van der Waals surface area (Å²) in [5.74, 6) is -0.262. The summed E-state index contributed by atoms with van der Waals surface area (Å²) < 4.78 is 19.1. The predicted molar refractivity (Wildman–Crippen MR) is 122 cm³/mol. The summed E-state index contributed by atoms with van der Waals surface area (Å²) in [4.78, 5) is 10.0. The Morgan fingerprint density at radius 3 is 2.72 bits per heavy atom. The van der Waals surface area contributed by atoms with Crippen molar-refractivity contribution in [3.8, 4) is 0 Å². The summed E-state index contributed by atoms with van der Waals surface area (Å²) in [7, 11) is 0. The van der Waals surface area contributed by atoms with Gasteiger partial charge < -0.3 is 14.7 Å². The molecule has 2 unspecified atom stereocenters. The third-order valence-corrected chi connectivity index (χ3v) is 5.96. The number of benzene rings is 2. The number of rotatable bonds is 9. The van der Waals surface area contributed by atoms with Crippen molar-refractivity contribution in [2.45, 2.75) is 25.2 Å². The highest BCUT2D eigenvalue weighted by Crippen LogP contribution is 2.20. The molecule has 0 radical (unpaired) electrons. The molecule has 1 fully saturated rings. The number of β-amino-alcohol motifs (C(OH)–C–C–N with tert-alkyl or cyclic N) is 1. The summed E-state index contributed by atoms with van der Waals surface area (Å²) in [6.07, 6.45) is 0.00504. The molecule has 0 bridgehead atoms. The molecular formula is C24H29ClFN3O3. The molecule has 0 saturated carbocycles. The molecule has 2 aromatic carbocycles. The molecule has 172 valence electrons. The molecular weight excluding hydrogens is 433 g/mol. The molecule has 2 aliphatic rings. The average molecular weight is 462 g/mol. The van der Waals surface area contributed by atoms with Crippen LogP contribution in [0.1, 0.15) is 17.5 Å². The van der Waals surface area contributed by atoms with E-state index in [0.717, 1.165) is 29.9 Å². The lowest BCUT2D eigenvalue weighted by molar-refractivity contribution is -0.00266. The summed E-state index contributed by atoms with van der Waals surface area (Å²) in [5, 5.41) is 15.7. The normalized spacial score (nSPS) is 20.2. The third-order valence-electron chi connectivity index (χ3n) is 5.71. The number of aliphatic hydroxyl groups is 1. The van der Waals surface area contributed by atoms with Gasteiger partial charge in [-0.1, -0.05) is 41.0 Å². The van der Waals surface area contributed by atoms with Gasteiger partial charge in [-0.2, -0.15) is 0 Å². The van der Waals surface area contributed by atoms with Gasteiger partial charge in [0.05, 0.1) is 25.0 Å². The standard InChI is InChI=1S/C24H29ClFN3O3/c25-20-6-4-19(5-7-20)24-13-23(32-27-24)17-29(14-18-2-1-3-21(26)12-18)16-22(30)15-28-8-10-31-11-9-28/h1-7,12,22-23,30H,8-11,13-17H2. The number of hydrogen-bond acceptors (Lipinski definition) is 6. The average Bonchev–Trinajstić information content (AvgIpc) is 3.23. The van der Waals surface area contributed by atoms with E-state index in [2.05, 4.69) is 15.0 Å². The summed E-state index contributed by atoms with van der Waals surface area (Å²) in [6, 6.07) is 14.1. The molecule has 0 spiro atoms. The van der Waals surface area contributed by atoms with Crippen LogP contribution < -0.4 is 0 Å². The van der Waals surface area contributed by atoms with E-state index in [1.54, 1.807) is 6.07 Å². The molecule has 1 N–H and O–H groups in total. The SMILES string of the molecule is OC(CN1CCOCC1)CN(Cc1cccc(F)c1)CC1CC(c2ccc(Cl)cc2)=NO1. The van der Waals surface area contributed by atoms with Gasteiger partial charge in [0.25, 0.3) is 0 Å². The fourth-order valence-electron chi connectivity index (χ4n) is 4.16. The molecule has 0 aliphatic carbocycles. The van der Waals surface area contributed by atoms with E-state index < -0.39 is 6.10 Å². The fraction of sp³-hybridized carbons (Fsp3) is 0.458. The van der Waals surface area contributed by atoms with E-state index >= 15 is 0 Å². The van der Waals surface area contributed by atoms with Gasteiger partial charge in [-0.05, 0) is 35.4 Å². The van der Waals surface area contributed by atoms with Gasteiger partial charge in [0, 0.05) is 50.7 Å². The summed E-state index contributed by atoms with van der Waals surface area (Å²) in [5.41, 5.74) is 2.73. The zero-order valence-corrected chi connectivity index (χ0v) is 18.8. The topological polar surface area (TPSA) is 57.5 Å². The second kappa shape index (κ2) is 11.2. The van der Waals surface area contributed by atoms with E-state index in [4.69, 9.17) is 21.2 Å². The predicted octanol–water partition coefficient (Wildman–Crippen LogP) is 3.17. The Kier molecular flexibility index (Phi) is 8.10. The molecule has 8 heteroatoms. The van der Waals surface area contributed by atoms with Gasteiger partial charge in [0.15, 0.2) is 0 Å². The van der Waals surface area contributed by atoms with Crippen LogP contribution in [0.15, 0.2) is 53.7 Å². The lowest BCUT2D eigenvalue weighted by Gasteiger charge is -2.31.